The molecule has 2 aromatic heterocycles. The summed E-state index contributed by atoms with van der Waals surface area (Å²) < 4.78 is 30.0. The molecule has 8 rings (SSSR count). The third-order valence-corrected chi connectivity index (χ3v) is 17.2. The summed E-state index contributed by atoms with van der Waals surface area (Å²) in [5.41, 5.74) is 9.76. The van der Waals surface area contributed by atoms with E-state index in [0.717, 1.165) is 33.6 Å². The number of primary amides is 1. The molecule has 3 aromatic carbocycles. The van der Waals surface area contributed by atoms with Crippen LogP contribution in [0.25, 0.3) is 16.4 Å². The lowest BCUT2D eigenvalue weighted by molar-refractivity contribution is -0.137. The van der Waals surface area contributed by atoms with Gasteiger partial charge in [-0.1, -0.05) is 58.0 Å². The van der Waals surface area contributed by atoms with E-state index in [1.165, 1.54) is 16.8 Å². The van der Waals surface area contributed by atoms with Gasteiger partial charge in [-0.05, 0) is 96.5 Å². The number of imide groups is 1. The Hall–Kier alpha value is -10.1. The Bertz CT molecular complexity index is 3860. The van der Waals surface area contributed by atoms with E-state index in [1.54, 1.807) is 90.2 Å². The number of imidazole rings is 1. The van der Waals surface area contributed by atoms with E-state index >= 15 is 0 Å². The molecule has 2 unspecified atom stereocenters. The number of anilines is 3. The van der Waals surface area contributed by atoms with Crippen LogP contribution in [0.1, 0.15) is 80.1 Å². The second-order valence-electron chi connectivity index (χ2n) is 23.9. The van der Waals surface area contributed by atoms with Gasteiger partial charge in [-0.3, -0.25) is 33.7 Å². The summed E-state index contributed by atoms with van der Waals surface area (Å²) >= 11 is 6.69. The number of allylic oxidation sites excluding steroid dienone is 3. The molecule has 9 N–H and O–H groups in total. The van der Waals surface area contributed by atoms with Gasteiger partial charge in [-0.15, -0.1) is 11.6 Å². The Morgan fingerprint density at radius 3 is 2.27 bits per heavy atom. The first-order valence-electron chi connectivity index (χ1n) is 32.2. The highest BCUT2D eigenvalue weighted by molar-refractivity contribution is 6.19. The van der Waals surface area contributed by atoms with E-state index in [2.05, 4.69) is 31.6 Å². The zero-order chi connectivity index (χ0) is 70.7. The number of pyridine rings is 1. The Kier molecular flexibility index (Phi) is 26.1. The molecule has 29 nitrogen and oxygen atoms in total. The van der Waals surface area contributed by atoms with E-state index < -0.39 is 71.8 Å². The van der Waals surface area contributed by atoms with Crippen LogP contribution in [-0.2, 0) is 49.5 Å². The summed E-state index contributed by atoms with van der Waals surface area (Å²) in [6, 6.07) is 13.8. The monoisotopic (exact) mass is 1370 g/mol. The van der Waals surface area contributed by atoms with Crippen molar-refractivity contribution in [3.05, 3.63) is 131 Å². The van der Waals surface area contributed by atoms with E-state index in [4.69, 9.17) is 41.0 Å². The normalized spacial score (nSPS) is 16.2. The number of aliphatic hydroxyl groups is 2. The zero-order valence-electron chi connectivity index (χ0n) is 55.4. The second-order valence-corrected chi connectivity index (χ2v) is 24.2. The van der Waals surface area contributed by atoms with Crippen molar-refractivity contribution in [3.8, 4) is 5.75 Å². The summed E-state index contributed by atoms with van der Waals surface area (Å²) in [6.45, 7) is 8.40. The predicted molar refractivity (Wildman–Crippen MR) is 361 cm³/mol. The molecule has 0 saturated carbocycles. The fourth-order valence-corrected chi connectivity index (χ4v) is 11.9. The summed E-state index contributed by atoms with van der Waals surface area (Å²) in [5.74, 6) is -3.24. The Morgan fingerprint density at radius 1 is 0.837 bits per heavy atom. The lowest BCUT2D eigenvalue weighted by atomic mass is 9.80. The number of hydrogen-bond acceptors (Lipinski definition) is 18. The first kappa shape index (κ1) is 73.7. The summed E-state index contributed by atoms with van der Waals surface area (Å²) in [7, 11) is 1.49. The molecule has 11 amide bonds. The van der Waals surface area contributed by atoms with Gasteiger partial charge in [0.15, 0.2) is 0 Å². The molecular formula is C68H83ClN12O17. The van der Waals surface area contributed by atoms with Crippen LogP contribution < -0.4 is 42.0 Å². The SMILES string of the molecule is CCC1C(C(=O)Nc2ccc3nc(C(=O)N4C[C@@H](CCl)c5c4cc(OC(=O)N(CCOCCO)CCN(C)C(=O)OCc4ccc(NC(=O)[C@H](CCCNC(N)=O)NC(=O)[C@@H](NC(=O)OCCN6C(=O)C=CC6=O)C(C)C)cc4)c4cccc(C)c54)cn3c2)=CC=C(OCCO)C1C. The summed E-state index contributed by atoms with van der Waals surface area (Å²) in [6.07, 6.45) is 7.33. The largest absolute Gasteiger partial charge is 0.495 e. The molecule has 4 heterocycles. The number of aromatic nitrogens is 2. The van der Waals surface area contributed by atoms with E-state index in [0.29, 0.717) is 51.4 Å². The maximum atomic E-state index is 14.8. The van der Waals surface area contributed by atoms with Crippen LogP contribution in [-0.4, -0.2) is 198 Å². The Balaban J connectivity index is 0.895. The van der Waals surface area contributed by atoms with Crippen molar-refractivity contribution in [2.24, 2.45) is 23.5 Å². The lowest BCUT2D eigenvalue weighted by Crippen LogP contribution is -2.54. The van der Waals surface area contributed by atoms with Crippen LogP contribution in [0.2, 0.25) is 0 Å². The van der Waals surface area contributed by atoms with Crippen molar-refractivity contribution < 1.29 is 81.8 Å². The van der Waals surface area contributed by atoms with Crippen molar-refractivity contribution in [1.29, 1.82) is 0 Å². The smallest absolute Gasteiger partial charge is 0.415 e. The number of likely N-dealkylation sites (N-methyl/N-ethyl adjacent to an activating group) is 1. The number of nitrogens with zero attached hydrogens (tertiary/aromatic N) is 6. The number of aryl methyl sites for hydroxylation is 1. The number of halogens is 1. The number of fused-ring (bicyclic) bond motifs is 4. The van der Waals surface area contributed by atoms with Crippen LogP contribution in [0, 0.1) is 24.7 Å². The van der Waals surface area contributed by atoms with Crippen molar-refractivity contribution in [2.75, 3.05) is 107 Å². The van der Waals surface area contributed by atoms with Crippen molar-refractivity contribution in [1.82, 2.24) is 40.0 Å². The average Bonchev–Trinajstić information content (AvgIpc) is 1.55. The van der Waals surface area contributed by atoms with Crippen LogP contribution in [0.5, 0.6) is 5.75 Å². The molecule has 0 fully saturated rings. The van der Waals surface area contributed by atoms with E-state index in [1.807, 2.05) is 39.0 Å². The fraction of sp³-hybridized carbons (Fsp3) is 0.426. The van der Waals surface area contributed by atoms with Crippen molar-refractivity contribution in [2.45, 2.75) is 78.5 Å². The quantitative estimate of drug-likeness (QED) is 0.0142. The summed E-state index contributed by atoms with van der Waals surface area (Å²) in [5, 5.41) is 33.4. The number of hydrogen-bond donors (Lipinski definition) is 8. The zero-order valence-corrected chi connectivity index (χ0v) is 56.1. The fourth-order valence-electron chi connectivity index (χ4n) is 11.6. The van der Waals surface area contributed by atoms with E-state index in [-0.39, 0.29) is 139 Å². The highest BCUT2D eigenvalue weighted by Gasteiger charge is 2.38. The lowest BCUT2D eigenvalue weighted by Gasteiger charge is -2.29. The molecule has 0 radical (unpaired) electrons. The first-order chi connectivity index (χ1) is 47.0. The highest BCUT2D eigenvalue weighted by atomic mass is 35.5. The molecular weight excluding hydrogens is 1290 g/mol. The number of rotatable bonds is 32. The van der Waals surface area contributed by atoms with Crippen LogP contribution in [0.15, 0.2) is 109 Å². The molecule has 0 spiro atoms. The standard InChI is InChI=1S/C68H83ClN12O17/c1-7-47-42(5)53(95-33-29-83)19-18-48(47)61(86)73-46-17-20-55-74-51(38-79(55)37-46)64(89)81-36-44(35-69)59-52(81)34-54(49-11-8-10-41(4)58(49)59)98-68(93)78(26-30-94-32-28-82)25-24-77(6)67(92)97-39-43-13-15-45(16-14-43)72-62(87)50(12-9-23-71-65(70)90)75-63(88)60(40(2)3)76-66(91)96-31-27-80-56(84)21-22-57(80)85/h8,10-11,13-22,34,37-38,40,42,44,47,50,60,82-83H,7,9,12,23-33,35-36,39H2,1-6H3,(H,72,87)(H,73,86)(H,75,88)(H,76,91)(H3,70,71,90)/t42?,44-,47?,50+,60+/m1/s1. The molecule has 98 heavy (non-hydrogen) atoms. The van der Waals surface area contributed by atoms with Crippen molar-refractivity contribution in [3.63, 3.8) is 0 Å². The number of alkyl carbamates (subject to hydrolysis) is 1. The minimum atomic E-state index is -1.18. The highest BCUT2D eigenvalue weighted by Crippen LogP contribution is 2.47. The number of aliphatic hydroxyl groups excluding tert-OH is 2. The Labute approximate surface area is 570 Å². The number of nitrogens with two attached hydrogens (primary N) is 1. The maximum absolute atomic E-state index is 14.8. The number of amides is 11. The maximum Gasteiger partial charge on any atom is 0.415 e. The number of benzene rings is 3. The van der Waals surface area contributed by atoms with Gasteiger partial charge < -0.3 is 85.3 Å². The minimum Gasteiger partial charge on any atom is -0.495 e. The van der Waals surface area contributed by atoms with Gasteiger partial charge in [0.2, 0.25) is 11.8 Å². The van der Waals surface area contributed by atoms with Gasteiger partial charge in [0.05, 0.1) is 50.1 Å². The minimum absolute atomic E-state index is 0.000847. The van der Waals surface area contributed by atoms with Gasteiger partial charge in [-0.25, -0.2) is 24.2 Å². The molecule has 5 aromatic rings. The topological polar surface area (TPSA) is 374 Å². The Morgan fingerprint density at radius 2 is 1.57 bits per heavy atom. The number of carbonyl (C=O) groups is 10. The van der Waals surface area contributed by atoms with Crippen LogP contribution in [0.3, 0.4) is 0 Å². The average molecular weight is 1380 g/mol. The predicted octanol–water partition coefficient (Wildman–Crippen LogP) is 5.84. The van der Waals surface area contributed by atoms with Crippen LogP contribution in [0.4, 0.5) is 36.2 Å². The van der Waals surface area contributed by atoms with Gasteiger partial charge in [0, 0.05) is 105 Å². The van der Waals surface area contributed by atoms with E-state index in [9.17, 15) is 58.2 Å². The van der Waals surface area contributed by atoms with Gasteiger partial charge in [0.25, 0.3) is 23.6 Å². The molecule has 2 aliphatic heterocycles. The second kappa shape index (κ2) is 34.7. The van der Waals surface area contributed by atoms with Crippen molar-refractivity contribution >= 4 is 105 Å². The number of carbonyl (C=O) groups excluding carboxylic acids is 10. The van der Waals surface area contributed by atoms with Crippen LogP contribution >= 0.6 is 11.6 Å². The van der Waals surface area contributed by atoms with Gasteiger partial charge in [0.1, 0.15) is 49.0 Å². The molecule has 5 atom stereocenters. The summed E-state index contributed by atoms with van der Waals surface area (Å²) in [4.78, 5) is 141. The molecule has 0 bridgehead atoms. The van der Waals surface area contributed by atoms with Gasteiger partial charge >= 0.3 is 24.3 Å². The molecule has 524 valence electrons. The number of alkyl halides is 1. The number of urea groups is 1. The molecule has 30 heteroatoms. The molecule has 1 aliphatic carbocycles. The third-order valence-electron chi connectivity index (χ3n) is 16.8. The first-order valence-corrected chi connectivity index (χ1v) is 32.7. The number of nitrogens with one attached hydrogen (secondary N) is 5. The number of ether oxygens (including phenoxy) is 5. The van der Waals surface area contributed by atoms with Gasteiger partial charge in [-0.2, -0.15) is 0 Å². The third kappa shape index (κ3) is 18.7. The molecule has 0 saturated heterocycles. The molecule has 3 aliphatic rings.